The van der Waals surface area contributed by atoms with Crippen LogP contribution in [0.4, 0.5) is 4.79 Å². The average molecular weight is 293 g/mol. The van der Waals surface area contributed by atoms with Gasteiger partial charge in [-0.1, -0.05) is 37.7 Å². The van der Waals surface area contributed by atoms with Gasteiger partial charge >= 0.3 is 6.03 Å². The lowest BCUT2D eigenvalue weighted by Gasteiger charge is -2.16. The molecular formula is C13H15N3O3S. The Morgan fingerprint density at radius 1 is 1.35 bits per heavy atom. The van der Waals surface area contributed by atoms with Gasteiger partial charge in [-0.05, 0) is 18.1 Å². The van der Waals surface area contributed by atoms with E-state index in [1.807, 2.05) is 32.0 Å². The Kier molecular flexibility index (Phi) is 4.29. The topological polar surface area (TPSA) is 98.2 Å². The molecule has 3 N–H and O–H groups in total. The molecule has 1 aromatic heterocycles. The molecule has 0 aliphatic heterocycles. The van der Waals surface area contributed by atoms with E-state index in [9.17, 15) is 9.59 Å². The van der Waals surface area contributed by atoms with Crippen molar-refractivity contribution in [3.63, 3.8) is 0 Å². The number of nitrogens with two attached hydrogens (primary N) is 1. The maximum absolute atomic E-state index is 11.9. The smallest absolute Gasteiger partial charge is 0.318 e. The van der Waals surface area contributed by atoms with Crippen LogP contribution in [0, 0.1) is 5.92 Å². The monoisotopic (exact) mass is 293 g/mol. The quantitative estimate of drug-likeness (QED) is 0.841. The fourth-order valence-corrected chi connectivity index (χ4v) is 2.64. The fraction of sp³-hybridized carbons (Fsp3) is 0.308. The number of para-hydroxylation sites is 2. The number of hydrogen-bond acceptors (Lipinski definition) is 5. The number of nitrogens with zero attached hydrogens (tertiary/aromatic N) is 1. The summed E-state index contributed by atoms with van der Waals surface area (Å²) < 4.78 is 5.56. The van der Waals surface area contributed by atoms with Crippen LogP contribution in [0.1, 0.15) is 13.8 Å². The van der Waals surface area contributed by atoms with Crippen molar-refractivity contribution in [2.24, 2.45) is 11.7 Å². The summed E-state index contributed by atoms with van der Waals surface area (Å²) in [4.78, 5) is 27.0. The molecule has 20 heavy (non-hydrogen) atoms. The second-order valence-electron chi connectivity index (χ2n) is 4.58. The number of carbonyl (C=O) groups is 2. The van der Waals surface area contributed by atoms with Crippen molar-refractivity contribution < 1.29 is 14.0 Å². The van der Waals surface area contributed by atoms with Crippen LogP contribution in [0.5, 0.6) is 0 Å². The lowest BCUT2D eigenvalue weighted by Crippen LogP contribution is -2.42. The number of thioether (sulfide) groups is 1. The molecule has 0 spiro atoms. The minimum atomic E-state index is -0.862. The fourth-order valence-electron chi connectivity index (χ4n) is 1.70. The molecule has 1 aromatic carbocycles. The minimum Gasteiger partial charge on any atom is -0.431 e. The van der Waals surface area contributed by atoms with E-state index in [2.05, 4.69) is 10.3 Å². The number of fused-ring (bicyclic) bond motifs is 1. The number of benzene rings is 1. The van der Waals surface area contributed by atoms with Crippen molar-refractivity contribution >= 4 is 34.8 Å². The number of aromatic nitrogens is 1. The van der Waals surface area contributed by atoms with Crippen molar-refractivity contribution in [1.29, 1.82) is 0 Å². The van der Waals surface area contributed by atoms with Crippen LogP contribution in [0.2, 0.25) is 0 Å². The summed E-state index contributed by atoms with van der Waals surface area (Å²) in [6.45, 7) is 3.75. The van der Waals surface area contributed by atoms with Gasteiger partial charge in [0.15, 0.2) is 5.58 Å². The molecule has 2 rings (SSSR count). The molecule has 7 heteroatoms. The molecule has 1 atom stereocenters. The van der Waals surface area contributed by atoms with E-state index >= 15 is 0 Å². The van der Waals surface area contributed by atoms with E-state index in [4.69, 9.17) is 10.2 Å². The molecule has 0 unspecified atom stereocenters. The van der Waals surface area contributed by atoms with Gasteiger partial charge in [0, 0.05) is 0 Å². The second-order valence-corrected chi connectivity index (χ2v) is 5.68. The molecule has 0 saturated carbocycles. The normalized spacial score (nSPS) is 12.6. The van der Waals surface area contributed by atoms with Gasteiger partial charge in [0.05, 0.1) is 5.25 Å². The highest BCUT2D eigenvalue weighted by atomic mass is 32.2. The standard InChI is InChI=1S/C13H15N3O3S/c1-7(2)10(11(17)16-12(14)18)20-13-15-8-5-3-4-6-9(8)19-13/h3-7,10H,1-2H3,(H3,14,16,17,18)/t10-/m1/s1. The van der Waals surface area contributed by atoms with Gasteiger partial charge in [-0.2, -0.15) is 0 Å². The maximum atomic E-state index is 11.9. The molecule has 1 heterocycles. The molecule has 0 aliphatic rings. The van der Waals surface area contributed by atoms with E-state index in [-0.39, 0.29) is 5.92 Å². The highest BCUT2D eigenvalue weighted by Gasteiger charge is 2.26. The number of imide groups is 1. The van der Waals surface area contributed by atoms with Crippen LogP contribution in [0.3, 0.4) is 0 Å². The number of amides is 3. The molecule has 0 fully saturated rings. The summed E-state index contributed by atoms with van der Waals surface area (Å²) in [5.74, 6) is -0.450. The number of oxazole rings is 1. The predicted octanol–water partition coefficient (Wildman–Crippen LogP) is 2.14. The molecule has 0 radical (unpaired) electrons. The maximum Gasteiger partial charge on any atom is 0.318 e. The molecular weight excluding hydrogens is 278 g/mol. The number of rotatable bonds is 4. The van der Waals surface area contributed by atoms with E-state index in [1.165, 1.54) is 11.8 Å². The molecule has 0 saturated heterocycles. The van der Waals surface area contributed by atoms with Crippen molar-refractivity contribution in [3.8, 4) is 0 Å². The molecule has 6 nitrogen and oxygen atoms in total. The zero-order valence-electron chi connectivity index (χ0n) is 11.1. The summed E-state index contributed by atoms with van der Waals surface area (Å²) in [5.41, 5.74) is 6.36. The molecule has 2 aromatic rings. The zero-order valence-corrected chi connectivity index (χ0v) is 11.9. The van der Waals surface area contributed by atoms with E-state index in [0.717, 1.165) is 5.52 Å². The minimum absolute atomic E-state index is 0.00522. The SMILES string of the molecule is CC(C)[C@@H](Sc1nc2ccccc2o1)C(=O)NC(N)=O. The number of hydrogen-bond donors (Lipinski definition) is 2. The first kappa shape index (κ1) is 14.4. The van der Waals surface area contributed by atoms with Gasteiger partial charge < -0.3 is 10.2 Å². The summed E-state index contributed by atoms with van der Waals surface area (Å²) in [7, 11) is 0. The van der Waals surface area contributed by atoms with Crippen molar-refractivity contribution in [3.05, 3.63) is 24.3 Å². The van der Waals surface area contributed by atoms with Gasteiger partial charge in [-0.3, -0.25) is 10.1 Å². The van der Waals surface area contributed by atoms with Crippen molar-refractivity contribution in [2.45, 2.75) is 24.3 Å². The van der Waals surface area contributed by atoms with Crippen LogP contribution in [0.15, 0.2) is 33.9 Å². The van der Waals surface area contributed by atoms with Crippen LogP contribution in [-0.4, -0.2) is 22.2 Å². The highest BCUT2D eigenvalue weighted by Crippen LogP contribution is 2.30. The average Bonchev–Trinajstić information content (AvgIpc) is 2.76. The Balaban J connectivity index is 2.19. The molecule has 0 bridgehead atoms. The van der Waals surface area contributed by atoms with Crippen LogP contribution < -0.4 is 11.1 Å². The summed E-state index contributed by atoms with van der Waals surface area (Å²) in [5, 5.41) is 1.98. The third-order valence-electron chi connectivity index (χ3n) is 2.61. The lowest BCUT2D eigenvalue weighted by molar-refractivity contribution is -0.120. The highest BCUT2D eigenvalue weighted by molar-refractivity contribution is 8.00. The van der Waals surface area contributed by atoms with E-state index in [0.29, 0.717) is 10.8 Å². The van der Waals surface area contributed by atoms with Crippen LogP contribution in [-0.2, 0) is 4.79 Å². The van der Waals surface area contributed by atoms with Crippen LogP contribution >= 0.6 is 11.8 Å². The molecule has 0 aliphatic carbocycles. The summed E-state index contributed by atoms with van der Waals surface area (Å²) >= 11 is 1.18. The van der Waals surface area contributed by atoms with E-state index < -0.39 is 17.2 Å². The first-order valence-electron chi connectivity index (χ1n) is 6.10. The summed E-state index contributed by atoms with van der Waals surface area (Å²) in [6, 6.07) is 6.48. The Morgan fingerprint density at radius 3 is 2.65 bits per heavy atom. The third-order valence-corrected chi connectivity index (χ3v) is 4.00. The van der Waals surface area contributed by atoms with Gasteiger partial charge in [-0.15, -0.1) is 0 Å². The van der Waals surface area contributed by atoms with Crippen LogP contribution in [0.25, 0.3) is 11.1 Å². The number of nitrogens with one attached hydrogen (secondary N) is 1. The Labute approximate surface area is 120 Å². The first-order valence-corrected chi connectivity index (χ1v) is 6.98. The molecule has 3 amide bonds. The van der Waals surface area contributed by atoms with Gasteiger partial charge in [0.2, 0.25) is 5.91 Å². The lowest BCUT2D eigenvalue weighted by atomic mass is 10.1. The number of carbonyl (C=O) groups excluding carboxylic acids is 2. The van der Waals surface area contributed by atoms with Gasteiger partial charge in [0.25, 0.3) is 5.22 Å². The van der Waals surface area contributed by atoms with E-state index in [1.54, 1.807) is 6.07 Å². The van der Waals surface area contributed by atoms with Crippen molar-refractivity contribution in [1.82, 2.24) is 10.3 Å². The Morgan fingerprint density at radius 2 is 2.05 bits per heavy atom. The second kappa shape index (κ2) is 5.96. The van der Waals surface area contributed by atoms with Crippen molar-refractivity contribution in [2.75, 3.05) is 0 Å². The largest absolute Gasteiger partial charge is 0.431 e. The number of urea groups is 1. The zero-order chi connectivity index (χ0) is 14.7. The third kappa shape index (κ3) is 3.30. The summed E-state index contributed by atoms with van der Waals surface area (Å²) in [6.07, 6.45) is 0. The Hall–Kier alpha value is -2.02. The number of primary amides is 1. The predicted molar refractivity (Wildman–Crippen MR) is 76.2 cm³/mol. The van der Waals surface area contributed by atoms with Gasteiger partial charge in [-0.25, -0.2) is 9.78 Å². The first-order chi connectivity index (χ1) is 9.47. The molecule has 106 valence electrons. The Bertz CT molecular complexity index is 606. The van der Waals surface area contributed by atoms with Gasteiger partial charge in [0.1, 0.15) is 5.52 Å².